The SMILES string of the molecule is CCOc1ccc(C(C)=O)cc1N1C(=O)[C@@H]2C3c4ccccc4C(Cl)(c4ccccc43)[C@H]2C1=O. The lowest BCUT2D eigenvalue weighted by atomic mass is 9.54. The third-order valence-electron chi connectivity index (χ3n) is 7.42. The first-order chi connectivity index (χ1) is 16.4. The number of rotatable bonds is 4. The zero-order valence-electron chi connectivity index (χ0n) is 18.7. The van der Waals surface area contributed by atoms with Gasteiger partial charge < -0.3 is 4.74 Å². The van der Waals surface area contributed by atoms with Crippen molar-refractivity contribution < 1.29 is 19.1 Å². The molecule has 5 nitrogen and oxygen atoms in total. The van der Waals surface area contributed by atoms with Crippen molar-refractivity contribution in [2.24, 2.45) is 11.8 Å². The predicted octanol–water partition coefficient (Wildman–Crippen LogP) is 5.04. The maximum absolute atomic E-state index is 14.1. The van der Waals surface area contributed by atoms with Gasteiger partial charge in [0.2, 0.25) is 11.8 Å². The standard InChI is InChI=1S/C28H22ClNO4/c1-3-34-22-13-12-16(15(2)31)14-21(22)30-26(32)24-23-17-8-4-6-10-19(17)28(29,25(24)27(30)33)20-11-7-5-9-18(20)23/h4-14,23-25H,3H2,1-2H3/t23?,24-,25-,28?/m1/s1. The van der Waals surface area contributed by atoms with Crippen molar-refractivity contribution in [1.29, 1.82) is 0 Å². The summed E-state index contributed by atoms with van der Waals surface area (Å²) in [6.45, 7) is 3.64. The minimum atomic E-state index is -1.15. The van der Waals surface area contributed by atoms with Crippen LogP contribution in [0.4, 0.5) is 5.69 Å². The lowest BCUT2D eigenvalue weighted by Gasteiger charge is -2.50. The van der Waals surface area contributed by atoms with Crippen molar-refractivity contribution in [3.8, 4) is 5.75 Å². The van der Waals surface area contributed by atoms with Gasteiger partial charge in [0.15, 0.2) is 5.78 Å². The highest BCUT2D eigenvalue weighted by atomic mass is 35.5. The van der Waals surface area contributed by atoms with Gasteiger partial charge in [-0.15, -0.1) is 11.6 Å². The Bertz CT molecular complexity index is 1350. The number of amides is 2. The van der Waals surface area contributed by atoms with Crippen molar-refractivity contribution in [2.45, 2.75) is 24.6 Å². The molecule has 1 heterocycles. The molecule has 0 aromatic heterocycles. The molecule has 1 saturated heterocycles. The van der Waals surface area contributed by atoms with Gasteiger partial charge in [-0.05, 0) is 54.3 Å². The van der Waals surface area contributed by atoms with Gasteiger partial charge in [0.25, 0.3) is 0 Å². The summed E-state index contributed by atoms with van der Waals surface area (Å²) < 4.78 is 5.76. The van der Waals surface area contributed by atoms with E-state index in [9.17, 15) is 14.4 Å². The molecule has 3 aliphatic carbocycles. The van der Waals surface area contributed by atoms with E-state index in [4.69, 9.17) is 16.3 Å². The van der Waals surface area contributed by atoms with Gasteiger partial charge in [-0.25, -0.2) is 4.90 Å². The Morgan fingerprint density at radius 1 is 0.971 bits per heavy atom. The molecule has 3 aromatic rings. The first-order valence-electron chi connectivity index (χ1n) is 11.4. The summed E-state index contributed by atoms with van der Waals surface area (Å²) in [5, 5.41) is 0. The zero-order chi connectivity index (χ0) is 23.8. The number of ether oxygens (including phenoxy) is 1. The second-order valence-corrected chi connectivity index (χ2v) is 9.65. The fourth-order valence-corrected chi connectivity index (χ4v) is 6.68. The van der Waals surface area contributed by atoms with Crippen LogP contribution < -0.4 is 9.64 Å². The average Bonchev–Trinajstić information content (AvgIpc) is 3.11. The van der Waals surface area contributed by atoms with Crippen LogP contribution in [-0.4, -0.2) is 24.2 Å². The molecule has 1 aliphatic heterocycles. The Balaban J connectivity index is 1.58. The number of nitrogens with zero attached hydrogens (tertiary/aromatic N) is 1. The number of benzene rings is 3. The van der Waals surface area contributed by atoms with Crippen LogP contribution in [0.1, 0.15) is 52.4 Å². The number of halogens is 1. The van der Waals surface area contributed by atoms with E-state index in [0.29, 0.717) is 23.6 Å². The molecular weight excluding hydrogens is 450 g/mol. The number of carbonyl (C=O) groups excluding carboxylic acids is 3. The molecule has 0 N–H and O–H groups in total. The Labute approximate surface area is 202 Å². The maximum Gasteiger partial charge on any atom is 0.240 e. The summed E-state index contributed by atoms with van der Waals surface area (Å²) in [6, 6.07) is 20.5. The van der Waals surface area contributed by atoms with Crippen molar-refractivity contribution >= 4 is 34.9 Å². The third-order valence-corrected chi connectivity index (χ3v) is 8.06. The van der Waals surface area contributed by atoms with E-state index in [1.165, 1.54) is 11.8 Å². The van der Waals surface area contributed by atoms with Crippen LogP contribution in [0.3, 0.4) is 0 Å². The van der Waals surface area contributed by atoms with Crippen LogP contribution in [0.25, 0.3) is 0 Å². The monoisotopic (exact) mass is 471 g/mol. The molecule has 0 spiro atoms. The van der Waals surface area contributed by atoms with E-state index in [2.05, 4.69) is 0 Å². The molecule has 170 valence electrons. The lowest BCUT2D eigenvalue weighted by molar-refractivity contribution is -0.122. The van der Waals surface area contributed by atoms with Crippen LogP contribution in [-0.2, 0) is 14.5 Å². The summed E-state index contributed by atoms with van der Waals surface area (Å²) in [5.41, 5.74) is 4.45. The molecule has 1 fully saturated rings. The number of ketones is 1. The molecule has 0 unspecified atom stereocenters. The zero-order valence-corrected chi connectivity index (χ0v) is 19.5. The molecule has 7 rings (SSSR count). The quantitative estimate of drug-likeness (QED) is 0.304. The van der Waals surface area contributed by atoms with Gasteiger partial charge in [-0.2, -0.15) is 0 Å². The van der Waals surface area contributed by atoms with Crippen molar-refractivity contribution in [1.82, 2.24) is 0 Å². The molecule has 2 amide bonds. The number of hydrogen-bond acceptors (Lipinski definition) is 4. The topological polar surface area (TPSA) is 63.7 Å². The minimum Gasteiger partial charge on any atom is -0.492 e. The van der Waals surface area contributed by atoms with Crippen LogP contribution in [0, 0.1) is 11.8 Å². The Hall–Kier alpha value is -3.44. The Morgan fingerprint density at radius 3 is 2.18 bits per heavy atom. The van der Waals surface area contributed by atoms with Crippen molar-refractivity contribution in [3.63, 3.8) is 0 Å². The van der Waals surface area contributed by atoms with E-state index in [1.54, 1.807) is 18.2 Å². The molecule has 0 saturated carbocycles. The summed E-state index contributed by atoms with van der Waals surface area (Å²) in [4.78, 5) is 40.3. The maximum atomic E-state index is 14.1. The van der Waals surface area contributed by atoms with E-state index in [0.717, 1.165) is 22.3 Å². The summed E-state index contributed by atoms with van der Waals surface area (Å²) in [5.74, 6) is -2.10. The normalized spacial score (nSPS) is 26.2. The van der Waals surface area contributed by atoms with Gasteiger partial charge in [-0.1, -0.05) is 48.5 Å². The van der Waals surface area contributed by atoms with Crippen molar-refractivity contribution in [2.75, 3.05) is 11.5 Å². The fourth-order valence-electron chi connectivity index (χ4n) is 6.11. The summed E-state index contributed by atoms with van der Waals surface area (Å²) in [6.07, 6.45) is 0. The molecular formula is C28H22ClNO4. The molecule has 6 heteroatoms. The number of hydrogen-bond donors (Lipinski definition) is 0. The fraction of sp³-hybridized carbons (Fsp3) is 0.250. The number of imide groups is 1. The highest BCUT2D eigenvalue weighted by molar-refractivity contribution is 6.33. The average molecular weight is 472 g/mol. The first kappa shape index (κ1) is 21.1. The summed E-state index contributed by atoms with van der Waals surface area (Å²) in [7, 11) is 0. The molecule has 0 radical (unpaired) electrons. The molecule has 3 aromatic carbocycles. The van der Waals surface area contributed by atoms with Gasteiger partial charge in [0.1, 0.15) is 10.6 Å². The van der Waals surface area contributed by atoms with E-state index in [1.807, 2.05) is 55.5 Å². The molecule has 2 bridgehead atoms. The Kier molecular flexibility index (Phi) is 4.52. The summed E-state index contributed by atoms with van der Waals surface area (Å²) >= 11 is 7.47. The smallest absolute Gasteiger partial charge is 0.240 e. The largest absolute Gasteiger partial charge is 0.492 e. The third kappa shape index (κ3) is 2.53. The van der Waals surface area contributed by atoms with Gasteiger partial charge in [-0.3, -0.25) is 14.4 Å². The lowest BCUT2D eigenvalue weighted by Crippen LogP contribution is -2.50. The number of alkyl halides is 1. The highest BCUT2D eigenvalue weighted by Crippen LogP contribution is 2.66. The van der Waals surface area contributed by atoms with Crippen LogP contribution >= 0.6 is 11.6 Å². The number of Topliss-reactive ketones (excluding diaryl/α,β-unsaturated/α-hetero) is 1. The van der Waals surface area contributed by atoms with Crippen LogP contribution in [0.2, 0.25) is 0 Å². The number of anilines is 1. The van der Waals surface area contributed by atoms with Gasteiger partial charge in [0.05, 0.1) is 24.1 Å². The highest BCUT2D eigenvalue weighted by Gasteiger charge is 2.68. The van der Waals surface area contributed by atoms with Crippen LogP contribution in [0.15, 0.2) is 66.7 Å². The van der Waals surface area contributed by atoms with Gasteiger partial charge in [0, 0.05) is 11.5 Å². The Morgan fingerprint density at radius 2 is 1.59 bits per heavy atom. The van der Waals surface area contributed by atoms with Crippen molar-refractivity contribution in [3.05, 3.63) is 94.5 Å². The van der Waals surface area contributed by atoms with E-state index >= 15 is 0 Å². The van der Waals surface area contributed by atoms with E-state index < -0.39 is 16.7 Å². The first-order valence-corrected chi connectivity index (χ1v) is 11.8. The minimum absolute atomic E-state index is 0.158. The van der Waals surface area contributed by atoms with Gasteiger partial charge >= 0.3 is 0 Å². The molecule has 4 aliphatic rings. The number of carbonyl (C=O) groups is 3. The predicted molar refractivity (Wildman–Crippen MR) is 128 cm³/mol. The second kappa shape index (κ2) is 7.28. The van der Waals surface area contributed by atoms with Crippen LogP contribution in [0.5, 0.6) is 5.75 Å². The molecule has 2 atom stereocenters. The second-order valence-electron chi connectivity index (χ2n) is 9.05. The van der Waals surface area contributed by atoms with E-state index in [-0.39, 0.29) is 23.5 Å². The molecule has 34 heavy (non-hydrogen) atoms.